The Morgan fingerprint density at radius 2 is 2.36 bits per heavy atom. The Morgan fingerprint density at radius 3 is 2.82 bits per heavy atom. The van der Waals surface area contributed by atoms with Crippen molar-refractivity contribution in [2.45, 2.75) is 6.54 Å². The van der Waals surface area contributed by atoms with Crippen LogP contribution in [0, 0.1) is 0 Å². The van der Waals surface area contributed by atoms with Gasteiger partial charge in [0.1, 0.15) is 5.82 Å². The van der Waals surface area contributed by atoms with E-state index in [-0.39, 0.29) is 12.4 Å². The molecule has 3 N–H and O–H groups in total. The SMILES string of the molecule is CNc1ncccc1CN.Cl. The second-order valence-corrected chi connectivity index (χ2v) is 1.97. The summed E-state index contributed by atoms with van der Waals surface area (Å²) in [5, 5.41) is 2.96. The van der Waals surface area contributed by atoms with Gasteiger partial charge in [0, 0.05) is 25.4 Å². The summed E-state index contributed by atoms with van der Waals surface area (Å²) in [5.41, 5.74) is 6.49. The third kappa shape index (κ3) is 2.37. The summed E-state index contributed by atoms with van der Waals surface area (Å²) < 4.78 is 0. The van der Waals surface area contributed by atoms with E-state index in [4.69, 9.17) is 5.73 Å². The molecule has 1 heterocycles. The molecular formula is C7H12ClN3. The zero-order chi connectivity index (χ0) is 7.40. The van der Waals surface area contributed by atoms with Crippen LogP contribution in [0.1, 0.15) is 5.56 Å². The fourth-order valence-corrected chi connectivity index (χ4v) is 0.828. The summed E-state index contributed by atoms with van der Waals surface area (Å²) in [5.74, 6) is 0.866. The first-order chi connectivity index (χ1) is 4.88. The minimum atomic E-state index is 0. The minimum Gasteiger partial charge on any atom is -0.373 e. The molecule has 1 aromatic rings. The van der Waals surface area contributed by atoms with Crippen LogP contribution < -0.4 is 11.1 Å². The molecule has 0 aliphatic rings. The molecular weight excluding hydrogens is 162 g/mol. The van der Waals surface area contributed by atoms with E-state index >= 15 is 0 Å². The number of anilines is 1. The molecule has 4 heteroatoms. The minimum absolute atomic E-state index is 0. The molecule has 0 aromatic carbocycles. The first kappa shape index (κ1) is 10.2. The number of hydrogen-bond donors (Lipinski definition) is 2. The molecule has 0 spiro atoms. The molecule has 0 saturated heterocycles. The summed E-state index contributed by atoms with van der Waals surface area (Å²) in [4.78, 5) is 4.08. The lowest BCUT2D eigenvalue weighted by atomic mass is 10.2. The zero-order valence-electron chi connectivity index (χ0n) is 6.37. The van der Waals surface area contributed by atoms with Gasteiger partial charge in [-0.1, -0.05) is 6.07 Å². The van der Waals surface area contributed by atoms with Crippen LogP contribution in [-0.2, 0) is 6.54 Å². The molecule has 62 valence electrons. The fraction of sp³-hybridized carbons (Fsp3) is 0.286. The van der Waals surface area contributed by atoms with Crippen LogP contribution in [0.15, 0.2) is 18.3 Å². The van der Waals surface area contributed by atoms with Crippen molar-refractivity contribution in [2.75, 3.05) is 12.4 Å². The van der Waals surface area contributed by atoms with Gasteiger partial charge in [-0.2, -0.15) is 0 Å². The van der Waals surface area contributed by atoms with E-state index in [9.17, 15) is 0 Å². The van der Waals surface area contributed by atoms with E-state index in [2.05, 4.69) is 10.3 Å². The Morgan fingerprint density at radius 1 is 1.64 bits per heavy atom. The van der Waals surface area contributed by atoms with Crippen LogP contribution >= 0.6 is 12.4 Å². The Labute approximate surface area is 72.4 Å². The van der Waals surface area contributed by atoms with Crippen LogP contribution in [0.4, 0.5) is 5.82 Å². The Kier molecular flexibility index (Phi) is 4.57. The highest BCUT2D eigenvalue weighted by atomic mass is 35.5. The predicted molar refractivity (Wildman–Crippen MR) is 48.9 cm³/mol. The Balaban J connectivity index is 0.000001000. The number of aromatic nitrogens is 1. The molecule has 0 radical (unpaired) electrons. The van der Waals surface area contributed by atoms with Crippen molar-refractivity contribution in [2.24, 2.45) is 5.73 Å². The van der Waals surface area contributed by atoms with Crippen LogP contribution in [0.25, 0.3) is 0 Å². The highest BCUT2D eigenvalue weighted by Gasteiger charge is 1.95. The van der Waals surface area contributed by atoms with E-state index in [1.165, 1.54) is 0 Å². The van der Waals surface area contributed by atoms with Crippen molar-refractivity contribution >= 4 is 18.2 Å². The van der Waals surface area contributed by atoms with Crippen molar-refractivity contribution in [3.8, 4) is 0 Å². The number of hydrogen-bond acceptors (Lipinski definition) is 3. The normalized spacial score (nSPS) is 8.55. The average Bonchev–Trinajstić information content (AvgIpc) is 2.04. The van der Waals surface area contributed by atoms with Crippen molar-refractivity contribution in [3.63, 3.8) is 0 Å². The lowest BCUT2D eigenvalue weighted by Gasteiger charge is -2.03. The van der Waals surface area contributed by atoms with E-state index in [0.29, 0.717) is 6.54 Å². The number of pyridine rings is 1. The van der Waals surface area contributed by atoms with Gasteiger partial charge >= 0.3 is 0 Å². The van der Waals surface area contributed by atoms with E-state index in [0.717, 1.165) is 11.4 Å². The topological polar surface area (TPSA) is 50.9 Å². The summed E-state index contributed by atoms with van der Waals surface area (Å²) in [6.07, 6.45) is 1.74. The smallest absolute Gasteiger partial charge is 0.130 e. The molecule has 0 amide bonds. The molecule has 1 rings (SSSR count). The number of halogens is 1. The third-order valence-electron chi connectivity index (χ3n) is 1.35. The molecule has 0 atom stereocenters. The van der Waals surface area contributed by atoms with E-state index < -0.39 is 0 Å². The summed E-state index contributed by atoms with van der Waals surface area (Å²) >= 11 is 0. The molecule has 0 fully saturated rings. The third-order valence-corrected chi connectivity index (χ3v) is 1.35. The fourth-order valence-electron chi connectivity index (χ4n) is 0.828. The molecule has 0 unspecified atom stereocenters. The van der Waals surface area contributed by atoms with Crippen LogP contribution in [0.3, 0.4) is 0 Å². The molecule has 0 aliphatic heterocycles. The van der Waals surface area contributed by atoms with Crippen LogP contribution in [0.2, 0.25) is 0 Å². The van der Waals surface area contributed by atoms with Crippen LogP contribution in [-0.4, -0.2) is 12.0 Å². The van der Waals surface area contributed by atoms with Crippen molar-refractivity contribution in [1.29, 1.82) is 0 Å². The lowest BCUT2D eigenvalue weighted by molar-refractivity contribution is 1.05. The van der Waals surface area contributed by atoms with E-state index in [1.54, 1.807) is 6.20 Å². The van der Waals surface area contributed by atoms with Gasteiger partial charge in [-0.15, -0.1) is 12.4 Å². The molecule has 0 aliphatic carbocycles. The van der Waals surface area contributed by atoms with Crippen molar-refractivity contribution < 1.29 is 0 Å². The molecule has 0 bridgehead atoms. The maximum absolute atomic E-state index is 5.45. The number of nitrogens with zero attached hydrogens (tertiary/aromatic N) is 1. The van der Waals surface area contributed by atoms with E-state index in [1.807, 2.05) is 19.2 Å². The lowest BCUT2D eigenvalue weighted by Crippen LogP contribution is -2.02. The molecule has 0 saturated carbocycles. The predicted octanol–water partition coefficient (Wildman–Crippen LogP) is 1.00. The largest absolute Gasteiger partial charge is 0.373 e. The average molecular weight is 174 g/mol. The second-order valence-electron chi connectivity index (χ2n) is 1.97. The molecule has 1 aromatic heterocycles. The van der Waals surface area contributed by atoms with Gasteiger partial charge in [0.05, 0.1) is 0 Å². The summed E-state index contributed by atoms with van der Waals surface area (Å²) in [6.45, 7) is 0.532. The zero-order valence-corrected chi connectivity index (χ0v) is 7.19. The van der Waals surface area contributed by atoms with Gasteiger partial charge in [0.25, 0.3) is 0 Å². The van der Waals surface area contributed by atoms with Gasteiger partial charge in [-0.3, -0.25) is 0 Å². The Hall–Kier alpha value is -0.800. The van der Waals surface area contributed by atoms with Gasteiger partial charge in [0.2, 0.25) is 0 Å². The number of nitrogens with two attached hydrogens (primary N) is 1. The van der Waals surface area contributed by atoms with Gasteiger partial charge in [-0.05, 0) is 6.07 Å². The molecule has 11 heavy (non-hydrogen) atoms. The highest BCUT2D eigenvalue weighted by molar-refractivity contribution is 5.85. The first-order valence-electron chi connectivity index (χ1n) is 3.20. The van der Waals surface area contributed by atoms with Gasteiger partial charge in [-0.25, -0.2) is 4.98 Å². The quantitative estimate of drug-likeness (QED) is 0.702. The highest BCUT2D eigenvalue weighted by Crippen LogP contribution is 2.07. The number of rotatable bonds is 2. The van der Waals surface area contributed by atoms with Crippen LogP contribution in [0.5, 0.6) is 0 Å². The Bertz CT molecular complexity index is 192. The summed E-state index contributed by atoms with van der Waals surface area (Å²) in [7, 11) is 1.83. The monoisotopic (exact) mass is 173 g/mol. The second kappa shape index (κ2) is 4.93. The maximum Gasteiger partial charge on any atom is 0.130 e. The van der Waals surface area contributed by atoms with Gasteiger partial charge < -0.3 is 11.1 Å². The maximum atomic E-state index is 5.45. The van der Waals surface area contributed by atoms with Crippen molar-refractivity contribution in [3.05, 3.63) is 23.9 Å². The molecule has 3 nitrogen and oxygen atoms in total. The number of nitrogens with one attached hydrogen (secondary N) is 1. The van der Waals surface area contributed by atoms with Gasteiger partial charge in [0.15, 0.2) is 0 Å². The summed E-state index contributed by atoms with van der Waals surface area (Å²) in [6, 6.07) is 3.84. The van der Waals surface area contributed by atoms with Crippen molar-refractivity contribution in [1.82, 2.24) is 4.98 Å². The first-order valence-corrected chi connectivity index (χ1v) is 3.20. The standard InChI is InChI=1S/C7H11N3.ClH/c1-9-7-6(5-8)3-2-4-10-7;/h2-4H,5,8H2,1H3,(H,9,10);1H.